The zero-order chi connectivity index (χ0) is 14.9. The molecule has 0 fully saturated rings. The van der Waals surface area contributed by atoms with Gasteiger partial charge in [-0.05, 0) is 29.8 Å². The van der Waals surface area contributed by atoms with Crippen LogP contribution in [0.4, 0.5) is 13.2 Å². The van der Waals surface area contributed by atoms with Gasteiger partial charge < -0.3 is 0 Å². The van der Waals surface area contributed by atoms with E-state index in [1.807, 2.05) is 0 Å². The lowest BCUT2D eigenvalue weighted by molar-refractivity contribution is -0.0882. The number of thiophene rings is 1. The Labute approximate surface area is 119 Å². The van der Waals surface area contributed by atoms with Crippen LogP contribution in [0.1, 0.15) is 9.67 Å². The van der Waals surface area contributed by atoms with Crippen LogP contribution in [0.25, 0.3) is 10.4 Å². The Morgan fingerprint density at radius 2 is 1.70 bits per heavy atom. The van der Waals surface area contributed by atoms with E-state index in [-0.39, 0.29) is 4.88 Å². The molecule has 2 nitrogen and oxygen atoms in total. The van der Waals surface area contributed by atoms with Crippen LogP contribution in [0.2, 0.25) is 0 Å². The van der Waals surface area contributed by atoms with Crippen LogP contribution in [0.5, 0.6) is 0 Å². The monoisotopic (exact) mass is 318 g/mol. The average molecular weight is 318 g/mol. The van der Waals surface area contributed by atoms with E-state index in [0.717, 1.165) is 11.3 Å². The third-order valence-corrected chi connectivity index (χ3v) is 4.63. The predicted octanol–water partition coefficient (Wildman–Crippen LogP) is 3.90. The van der Waals surface area contributed by atoms with Crippen LogP contribution in [0.3, 0.4) is 0 Å². The number of benzene rings is 1. The number of carbonyl (C=O) groups is 1. The summed E-state index contributed by atoms with van der Waals surface area (Å²) >= 11 is 0.790. The fraction of sp³-hybridized carbons (Fsp3) is 0.154. The van der Waals surface area contributed by atoms with Crippen LogP contribution >= 0.6 is 11.3 Å². The topological polar surface area (TPSA) is 34.1 Å². The maximum atomic E-state index is 12.3. The number of halogens is 3. The fourth-order valence-corrected chi connectivity index (χ4v) is 3.06. The maximum Gasteiger partial charge on any atom is 0.455 e. The molecule has 20 heavy (non-hydrogen) atoms. The molecule has 1 atom stereocenters. The summed E-state index contributed by atoms with van der Waals surface area (Å²) in [7, 11) is -1.11. The summed E-state index contributed by atoms with van der Waals surface area (Å²) in [5, 5.41) is 0. The lowest BCUT2D eigenvalue weighted by Crippen LogP contribution is -2.21. The van der Waals surface area contributed by atoms with Crippen molar-refractivity contribution in [1.29, 1.82) is 0 Å². The first-order chi connectivity index (χ1) is 9.29. The van der Waals surface area contributed by atoms with Gasteiger partial charge in [0.2, 0.25) is 0 Å². The van der Waals surface area contributed by atoms with E-state index in [0.29, 0.717) is 15.3 Å². The molecule has 2 aromatic rings. The first-order valence-corrected chi connectivity index (χ1v) is 7.81. The molecule has 0 radical (unpaired) electrons. The van der Waals surface area contributed by atoms with Crippen LogP contribution in [0, 0.1) is 0 Å². The Morgan fingerprint density at radius 1 is 1.10 bits per heavy atom. The van der Waals surface area contributed by atoms with E-state index in [9.17, 15) is 22.2 Å². The van der Waals surface area contributed by atoms with E-state index >= 15 is 0 Å². The van der Waals surface area contributed by atoms with Gasteiger partial charge in [-0.3, -0.25) is 9.00 Å². The van der Waals surface area contributed by atoms with Crippen molar-refractivity contribution >= 4 is 27.9 Å². The minimum Gasteiger partial charge on any atom is -0.283 e. The van der Waals surface area contributed by atoms with Gasteiger partial charge >= 0.3 is 6.18 Å². The summed E-state index contributed by atoms with van der Waals surface area (Å²) in [5.41, 5.74) is 0.686. The summed E-state index contributed by atoms with van der Waals surface area (Å²) in [6.07, 6.45) is -3.31. The number of alkyl halides is 3. The molecule has 0 aliphatic heterocycles. The van der Waals surface area contributed by atoms with Crippen molar-refractivity contribution in [2.45, 2.75) is 11.1 Å². The second-order valence-corrected chi connectivity index (χ2v) is 6.43. The lowest BCUT2D eigenvalue weighted by atomic mass is 10.2. The van der Waals surface area contributed by atoms with Crippen molar-refractivity contribution in [2.75, 3.05) is 6.26 Å². The molecule has 1 heterocycles. The minimum absolute atomic E-state index is 0.337. The average Bonchev–Trinajstić information content (AvgIpc) is 2.86. The highest BCUT2D eigenvalue weighted by Crippen LogP contribution is 2.32. The molecule has 1 unspecified atom stereocenters. The molecule has 7 heteroatoms. The molecule has 0 N–H and O–H groups in total. The Morgan fingerprint density at radius 3 is 2.20 bits per heavy atom. The molecule has 1 aromatic carbocycles. The van der Waals surface area contributed by atoms with Gasteiger partial charge in [0.25, 0.3) is 5.78 Å². The smallest absolute Gasteiger partial charge is 0.283 e. The Kier molecular flexibility index (Phi) is 4.10. The van der Waals surface area contributed by atoms with Crippen LogP contribution in [-0.4, -0.2) is 22.4 Å². The highest BCUT2D eigenvalue weighted by atomic mass is 32.2. The van der Waals surface area contributed by atoms with Gasteiger partial charge in [0.15, 0.2) is 0 Å². The summed E-state index contributed by atoms with van der Waals surface area (Å²) < 4.78 is 48.2. The number of rotatable bonds is 3. The molecule has 0 saturated carbocycles. The van der Waals surface area contributed by atoms with Gasteiger partial charge in [-0.1, -0.05) is 12.1 Å². The van der Waals surface area contributed by atoms with Crippen LogP contribution < -0.4 is 0 Å². The summed E-state index contributed by atoms with van der Waals surface area (Å²) in [6, 6.07) is 9.28. The normalized spacial score (nSPS) is 13.2. The Balaban J connectivity index is 2.29. The van der Waals surface area contributed by atoms with Crippen molar-refractivity contribution in [3.05, 3.63) is 41.3 Å². The third kappa shape index (κ3) is 3.16. The van der Waals surface area contributed by atoms with Gasteiger partial charge in [-0.2, -0.15) is 13.2 Å². The van der Waals surface area contributed by atoms with E-state index in [2.05, 4.69) is 0 Å². The number of hydrogen-bond acceptors (Lipinski definition) is 3. The molecule has 1 aromatic heterocycles. The van der Waals surface area contributed by atoms with Crippen molar-refractivity contribution in [3.8, 4) is 10.4 Å². The molecule has 0 spiro atoms. The first-order valence-electron chi connectivity index (χ1n) is 5.44. The van der Waals surface area contributed by atoms with Crippen LogP contribution in [0.15, 0.2) is 41.3 Å². The molecular formula is C13H9F3O2S2. The third-order valence-electron chi connectivity index (χ3n) is 2.56. The molecule has 106 valence electrons. The second kappa shape index (κ2) is 5.49. The molecule has 0 aliphatic carbocycles. The number of carbonyl (C=O) groups excluding carboxylic acids is 1. The van der Waals surface area contributed by atoms with Gasteiger partial charge in [0.05, 0.1) is 4.88 Å². The van der Waals surface area contributed by atoms with Gasteiger partial charge in [0.1, 0.15) is 0 Å². The summed E-state index contributed by atoms with van der Waals surface area (Å²) in [4.78, 5) is 12.0. The number of ketones is 1. The molecular weight excluding hydrogens is 309 g/mol. The Hall–Kier alpha value is -1.47. The maximum absolute atomic E-state index is 12.3. The SMILES string of the molecule is CS(=O)c1ccc(-c2ccc(C(=O)C(F)(F)F)s2)cc1. The van der Waals surface area contributed by atoms with E-state index in [1.54, 1.807) is 30.5 Å². The second-order valence-electron chi connectivity index (χ2n) is 3.97. The van der Waals surface area contributed by atoms with Gasteiger partial charge in [-0.25, -0.2) is 0 Å². The Bertz CT molecular complexity index is 657. The predicted molar refractivity (Wildman–Crippen MR) is 72.5 cm³/mol. The highest BCUT2D eigenvalue weighted by Gasteiger charge is 2.40. The zero-order valence-corrected chi connectivity index (χ0v) is 11.9. The van der Waals surface area contributed by atoms with Crippen molar-refractivity contribution in [3.63, 3.8) is 0 Å². The zero-order valence-electron chi connectivity index (χ0n) is 10.2. The molecule has 2 rings (SSSR count). The molecule has 0 amide bonds. The van der Waals surface area contributed by atoms with E-state index in [4.69, 9.17) is 0 Å². The largest absolute Gasteiger partial charge is 0.455 e. The van der Waals surface area contributed by atoms with E-state index < -0.39 is 22.8 Å². The van der Waals surface area contributed by atoms with Crippen molar-refractivity contribution in [1.82, 2.24) is 0 Å². The summed E-state index contributed by atoms with van der Waals surface area (Å²) in [6.45, 7) is 0. The van der Waals surface area contributed by atoms with Crippen molar-refractivity contribution < 1.29 is 22.2 Å². The molecule has 0 bridgehead atoms. The highest BCUT2D eigenvalue weighted by molar-refractivity contribution is 7.84. The molecule has 0 aliphatic rings. The quantitative estimate of drug-likeness (QED) is 0.804. The van der Waals surface area contributed by atoms with E-state index in [1.165, 1.54) is 12.1 Å². The van der Waals surface area contributed by atoms with Gasteiger partial charge in [0, 0.05) is 26.8 Å². The first kappa shape index (κ1) is 14.9. The summed E-state index contributed by atoms with van der Waals surface area (Å²) in [5.74, 6) is -1.83. The molecule has 0 saturated heterocycles. The van der Waals surface area contributed by atoms with Crippen LogP contribution in [-0.2, 0) is 10.8 Å². The number of Topliss-reactive ketones (excluding diaryl/α,β-unsaturated/α-hetero) is 1. The lowest BCUT2D eigenvalue weighted by Gasteiger charge is -2.02. The minimum atomic E-state index is -4.86. The van der Waals surface area contributed by atoms with Gasteiger partial charge in [-0.15, -0.1) is 11.3 Å². The number of hydrogen-bond donors (Lipinski definition) is 0. The van der Waals surface area contributed by atoms with Crippen molar-refractivity contribution in [2.24, 2.45) is 0 Å². The fourth-order valence-electron chi connectivity index (χ4n) is 1.57. The standard InChI is InChI=1S/C13H9F3O2S2/c1-20(18)9-4-2-8(3-5-9)10-6-7-11(19-10)12(17)13(14,15)16/h2-7H,1H3.